The number of aliphatic hydroxyl groups is 2. The van der Waals surface area contributed by atoms with E-state index in [1.54, 1.807) is 0 Å². The lowest BCUT2D eigenvalue weighted by molar-refractivity contribution is 0.0572. The highest BCUT2D eigenvalue weighted by Crippen LogP contribution is 2.19. The van der Waals surface area contributed by atoms with Crippen LogP contribution in [-0.2, 0) is 6.42 Å². The summed E-state index contributed by atoms with van der Waals surface area (Å²) in [4.78, 5) is 13.4. The first-order chi connectivity index (χ1) is 8.04. The van der Waals surface area contributed by atoms with E-state index in [0.717, 1.165) is 0 Å². The summed E-state index contributed by atoms with van der Waals surface area (Å²) < 4.78 is 0. The van der Waals surface area contributed by atoms with Crippen molar-refractivity contribution in [2.75, 3.05) is 18.8 Å². The van der Waals surface area contributed by atoms with Crippen molar-refractivity contribution >= 4 is 11.6 Å². The van der Waals surface area contributed by atoms with E-state index in [0.29, 0.717) is 17.8 Å². The SMILES string of the molecule is CCc1[nH]nc(C(=O)N2CC(O)C(O)C2)c1N. The Balaban J connectivity index is 2.17. The number of nitrogens with zero attached hydrogens (tertiary/aromatic N) is 2. The van der Waals surface area contributed by atoms with Crippen LogP contribution < -0.4 is 5.73 Å². The van der Waals surface area contributed by atoms with Gasteiger partial charge in [0.05, 0.1) is 23.6 Å². The zero-order valence-corrected chi connectivity index (χ0v) is 9.55. The first-order valence-electron chi connectivity index (χ1n) is 5.52. The fraction of sp³-hybridized carbons (Fsp3) is 0.600. The molecule has 2 unspecified atom stereocenters. The van der Waals surface area contributed by atoms with E-state index < -0.39 is 12.2 Å². The number of aryl methyl sites for hydroxylation is 1. The van der Waals surface area contributed by atoms with Gasteiger partial charge >= 0.3 is 0 Å². The summed E-state index contributed by atoms with van der Waals surface area (Å²) in [6.45, 7) is 2.11. The summed E-state index contributed by atoms with van der Waals surface area (Å²) in [5, 5.41) is 25.3. The van der Waals surface area contributed by atoms with Crippen molar-refractivity contribution in [3.05, 3.63) is 11.4 Å². The van der Waals surface area contributed by atoms with Crippen LogP contribution in [0.3, 0.4) is 0 Å². The second kappa shape index (κ2) is 4.34. The molecule has 0 bridgehead atoms. The van der Waals surface area contributed by atoms with E-state index in [2.05, 4.69) is 10.2 Å². The van der Waals surface area contributed by atoms with E-state index in [1.165, 1.54) is 4.90 Å². The van der Waals surface area contributed by atoms with Gasteiger partial charge in [0.15, 0.2) is 5.69 Å². The average molecular weight is 240 g/mol. The quantitative estimate of drug-likeness (QED) is 0.514. The minimum atomic E-state index is -0.898. The van der Waals surface area contributed by atoms with Crippen LogP contribution in [0, 0.1) is 0 Å². The van der Waals surface area contributed by atoms with Crippen molar-refractivity contribution in [1.29, 1.82) is 0 Å². The van der Waals surface area contributed by atoms with Crippen molar-refractivity contribution < 1.29 is 15.0 Å². The van der Waals surface area contributed by atoms with Crippen molar-refractivity contribution in [3.8, 4) is 0 Å². The molecule has 0 aromatic carbocycles. The first-order valence-corrected chi connectivity index (χ1v) is 5.52. The highest BCUT2D eigenvalue weighted by atomic mass is 16.3. The molecule has 2 heterocycles. The molecule has 1 amide bonds. The maximum absolute atomic E-state index is 12.0. The lowest BCUT2D eigenvalue weighted by atomic mass is 10.2. The molecule has 2 atom stereocenters. The minimum absolute atomic E-state index is 0.105. The van der Waals surface area contributed by atoms with Crippen LogP contribution in [-0.4, -0.2) is 56.5 Å². The predicted molar refractivity (Wildman–Crippen MR) is 60.3 cm³/mol. The Labute approximate surface area is 98.2 Å². The number of nitrogens with one attached hydrogen (secondary N) is 1. The van der Waals surface area contributed by atoms with Crippen LogP contribution in [0.2, 0.25) is 0 Å². The molecule has 1 saturated heterocycles. The topological polar surface area (TPSA) is 115 Å². The number of amides is 1. The van der Waals surface area contributed by atoms with Gasteiger partial charge in [-0.1, -0.05) is 6.92 Å². The fourth-order valence-electron chi connectivity index (χ4n) is 1.90. The minimum Gasteiger partial charge on any atom is -0.395 e. The Hall–Kier alpha value is -1.60. The number of likely N-dealkylation sites (tertiary alicyclic amines) is 1. The van der Waals surface area contributed by atoms with Crippen LogP contribution in [0.15, 0.2) is 0 Å². The summed E-state index contributed by atoms with van der Waals surface area (Å²) in [7, 11) is 0. The number of rotatable bonds is 2. The summed E-state index contributed by atoms with van der Waals surface area (Å²) >= 11 is 0. The molecule has 5 N–H and O–H groups in total. The average Bonchev–Trinajstić information content (AvgIpc) is 2.82. The van der Waals surface area contributed by atoms with Crippen molar-refractivity contribution in [3.63, 3.8) is 0 Å². The number of hydrogen-bond donors (Lipinski definition) is 4. The second-order valence-corrected chi connectivity index (χ2v) is 4.16. The van der Waals surface area contributed by atoms with E-state index in [9.17, 15) is 15.0 Å². The van der Waals surface area contributed by atoms with Crippen LogP contribution in [0.25, 0.3) is 0 Å². The molecule has 1 aromatic heterocycles. The van der Waals surface area contributed by atoms with Gasteiger partial charge in [0.1, 0.15) is 0 Å². The molecule has 1 aliphatic rings. The molecule has 0 aliphatic carbocycles. The molecule has 2 rings (SSSR count). The number of hydrogen-bond acceptors (Lipinski definition) is 5. The van der Waals surface area contributed by atoms with Gasteiger partial charge in [0, 0.05) is 13.1 Å². The Bertz CT molecular complexity index is 421. The molecule has 94 valence electrons. The molecule has 7 heteroatoms. The Morgan fingerprint density at radius 1 is 1.53 bits per heavy atom. The number of nitrogens with two attached hydrogens (primary N) is 1. The monoisotopic (exact) mass is 240 g/mol. The second-order valence-electron chi connectivity index (χ2n) is 4.16. The number of aromatic amines is 1. The third-order valence-corrected chi connectivity index (χ3v) is 2.99. The van der Waals surface area contributed by atoms with Crippen LogP contribution in [0.4, 0.5) is 5.69 Å². The van der Waals surface area contributed by atoms with Crippen molar-refractivity contribution in [1.82, 2.24) is 15.1 Å². The van der Waals surface area contributed by atoms with Crippen LogP contribution >= 0.6 is 0 Å². The Kier molecular flexibility index (Phi) is 3.03. The summed E-state index contributed by atoms with van der Waals surface area (Å²) in [5.41, 5.74) is 7.00. The molecule has 1 aliphatic heterocycles. The standard InChI is InChI=1S/C10H16N4O3/c1-2-5-8(11)9(13-12-5)10(17)14-3-6(15)7(16)4-14/h6-7,15-16H,2-4,11H2,1H3,(H,12,13). The van der Waals surface area contributed by atoms with E-state index in [1.807, 2.05) is 6.92 Å². The number of nitrogen functional groups attached to an aromatic ring is 1. The third kappa shape index (κ3) is 1.98. The molecule has 0 radical (unpaired) electrons. The maximum atomic E-state index is 12.0. The first kappa shape index (κ1) is 11.9. The maximum Gasteiger partial charge on any atom is 0.276 e. The number of aliphatic hydroxyl groups excluding tert-OH is 2. The molecule has 0 spiro atoms. The van der Waals surface area contributed by atoms with Gasteiger partial charge < -0.3 is 20.8 Å². The van der Waals surface area contributed by atoms with E-state index >= 15 is 0 Å². The molecular weight excluding hydrogens is 224 g/mol. The number of aromatic nitrogens is 2. The zero-order valence-electron chi connectivity index (χ0n) is 9.55. The van der Waals surface area contributed by atoms with Gasteiger partial charge in [-0.2, -0.15) is 5.10 Å². The molecule has 0 saturated carbocycles. The number of H-pyrrole nitrogens is 1. The van der Waals surface area contributed by atoms with Crippen molar-refractivity contribution in [2.24, 2.45) is 0 Å². The van der Waals surface area contributed by atoms with Gasteiger partial charge in [0.2, 0.25) is 0 Å². The summed E-state index contributed by atoms with van der Waals surface area (Å²) in [5.74, 6) is -0.367. The summed E-state index contributed by atoms with van der Waals surface area (Å²) in [6.07, 6.45) is -1.13. The molecule has 7 nitrogen and oxygen atoms in total. The molecule has 17 heavy (non-hydrogen) atoms. The van der Waals surface area contributed by atoms with Gasteiger partial charge in [-0.25, -0.2) is 0 Å². The highest BCUT2D eigenvalue weighted by molar-refractivity contribution is 5.97. The zero-order chi connectivity index (χ0) is 12.6. The smallest absolute Gasteiger partial charge is 0.276 e. The van der Waals surface area contributed by atoms with Gasteiger partial charge in [-0.15, -0.1) is 0 Å². The molecule has 1 aromatic rings. The number of carbonyl (C=O) groups excluding carboxylic acids is 1. The summed E-state index contributed by atoms with van der Waals surface area (Å²) in [6, 6.07) is 0. The highest BCUT2D eigenvalue weighted by Gasteiger charge is 2.34. The number of β-amino-alcohol motifs (C(OH)–C–C–N with tert-alkyl or cyclic N) is 2. The Morgan fingerprint density at radius 2 is 2.12 bits per heavy atom. The fourth-order valence-corrected chi connectivity index (χ4v) is 1.90. The van der Waals surface area contributed by atoms with Gasteiger partial charge in [-0.05, 0) is 6.42 Å². The molecule has 1 fully saturated rings. The number of carbonyl (C=O) groups is 1. The largest absolute Gasteiger partial charge is 0.395 e. The van der Waals surface area contributed by atoms with Crippen LogP contribution in [0.5, 0.6) is 0 Å². The van der Waals surface area contributed by atoms with Gasteiger partial charge in [-0.3, -0.25) is 9.89 Å². The Morgan fingerprint density at radius 3 is 2.59 bits per heavy atom. The third-order valence-electron chi connectivity index (χ3n) is 2.99. The van der Waals surface area contributed by atoms with Gasteiger partial charge in [0.25, 0.3) is 5.91 Å². The lowest BCUT2D eigenvalue weighted by Crippen LogP contribution is -2.30. The van der Waals surface area contributed by atoms with Crippen LogP contribution in [0.1, 0.15) is 23.1 Å². The number of anilines is 1. The normalized spacial score (nSPS) is 24.3. The molecular formula is C10H16N4O3. The van der Waals surface area contributed by atoms with Crippen molar-refractivity contribution in [2.45, 2.75) is 25.6 Å². The lowest BCUT2D eigenvalue weighted by Gasteiger charge is -2.13. The predicted octanol–water partition coefficient (Wildman–Crippen LogP) is -1.27. The van der Waals surface area contributed by atoms with E-state index in [-0.39, 0.29) is 24.7 Å². The van der Waals surface area contributed by atoms with E-state index in [4.69, 9.17) is 5.73 Å².